The van der Waals surface area contributed by atoms with Crippen LogP contribution < -0.4 is 5.32 Å². The second-order valence-electron chi connectivity index (χ2n) is 21.9. The lowest BCUT2D eigenvalue weighted by atomic mass is 9.99. The number of aliphatic hydroxyl groups is 5. The quantitative estimate of drug-likeness (QED) is 0.0330. The first-order valence-electron chi connectivity index (χ1n) is 30.7. The van der Waals surface area contributed by atoms with E-state index in [9.17, 15) is 30.3 Å². The molecule has 1 heterocycles. The van der Waals surface area contributed by atoms with Crippen LogP contribution in [0.2, 0.25) is 0 Å². The summed E-state index contributed by atoms with van der Waals surface area (Å²) in [5, 5.41) is 54.7. The van der Waals surface area contributed by atoms with Crippen molar-refractivity contribution >= 4 is 5.91 Å². The first kappa shape index (κ1) is 66.2. The van der Waals surface area contributed by atoms with Crippen molar-refractivity contribution in [2.75, 3.05) is 13.2 Å². The van der Waals surface area contributed by atoms with Gasteiger partial charge in [0.2, 0.25) is 5.91 Å². The first-order valence-corrected chi connectivity index (χ1v) is 30.7. The summed E-state index contributed by atoms with van der Waals surface area (Å²) in [6, 6.07) is -0.713. The lowest BCUT2D eigenvalue weighted by molar-refractivity contribution is -0.302. The van der Waals surface area contributed by atoms with E-state index in [2.05, 4.69) is 19.2 Å². The van der Waals surface area contributed by atoms with E-state index in [0.717, 1.165) is 38.5 Å². The summed E-state index contributed by atoms with van der Waals surface area (Å²) in [7, 11) is 0. The van der Waals surface area contributed by atoms with Crippen LogP contribution in [0.3, 0.4) is 0 Å². The van der Waals surface area contributed by atoms with Crippen LogP contribution in [0.4, 0.5) is 0 Å². The molecule has 0 bridgehead atoms. The van der Waals surface area contributed by atoms with Crippen molar-refractivity contribution in [3.63, 3.8) is 0 Å². The van der Waals surface area contributed by atoms with Crippen LogP contribution in [0.15, 0.2) is 0 Å². The summed E-state index contributed by atoms with van der Waals surface area (Å²) < 4.78 is 11.3. The smallest absolute Gasteiger partial charge is 0.220 e. The van der Waals surface area contributed by atoms with Crippen LogP contribution in [0, 0.1) is 0 Å². The lowest BCUT2D eigenvalue weighted by Gasteiger charge is -2.40. The van der Waals surface area contributed by atoms with Crippen molar-refractivity contribution in [2.24, 2.45) is 0 Å². The Morgan fingerprint density at radius 3 is 1.03 bits per heavy atom. The van der Waals surface area contributed by atoms with Crippen molar-refractivity contribution in [3.8, 4) is 0 Å². The summed E-state index contributed by atoms with van der Waals surface area (Å²) in [5.41, 5.74) is 0. The highest BCUT2D eigenvalue weighted by Gasteiger charge is 2.44. The molecule has 0 aromatic rings. The van der Waals surface area contributed by atoms with E-state index in [-0.39, 0.29) is 12.5 Å². The Hall–Kier alpha value is -0.810. The maximum atomic E-state index is 13.1. The zero-order valence-corrected chi connectivity index (χ0v) is 45.9. The fourth-order valence-electron chi connectivity index (χ4n) is 10.3. The summed E-state index contributed by atoms with van der Waals surface area (Å²) >= 11 is 0. The Morgan fingerprint density at radius 1 is 0.435 bits per heavy atom. The van der Waals surface area contributed by atoms with Gasteiger partial charge in [-0.25, -0.2) is 0 Å². The second-order valence-corrected chi connectivity index (χ2v) is 21.9. The minimum atomic E-state index is -1.55. The number of hydrogen-bond acceptors (Lipinski definition) is 8. The molecule has 0 aromatic carbocycles. The van der Waals surface area contributed by atoms with E-state index in [1.807, 2.05) is 0 Å². The Balaban J connectivity index is 2.13. The van der Waals surface area contributed by atoms with Gasteiger partial charge >= 0.3 is 0 Å². The summed E-state index contributed by atoms with van der Waals surface area (Å²) in [4.78, 5) is 13.1. The lowest BCUT2D eigenvalue weighted by Crippen LogP contribution is -2.60. The first-order chi connectivity index (χ1) is 33.8. The number of amides is 1. The minimum absolute atomic E-state index is 0.131. The molecule has 7 unspecified atom stereocenters. The van der Waals surface area contributed by atoms with Crippen molar-refractivity contribution in [3.05, 3.63) is 0 Å². The normalized spacial score (nSPS) is 19.3. The second kappa shape index (κ2) is 50.7. The highest BCUT2D eigenvalue weighted by molar-refractivity contribution is 5.76. The molecule has 0 aromatic heterocycles. The van der Waals surface area contributed by atoms with Gasteiger partial charge in [-0.2, -0.15) is 0 Å². The molecule has 69 heavy (non-hydrogen) atoms. The molecule has 0 saturated carbocycles. The van der Waals surface area contributed by atoms with E-state index in [1.165, 1.54) is 257 Å². The number of nitrogens with one attached hydrogen (secondary N) is 1. The Kier molecular flexibility index (Phi) is 48.7. The number of unbranched alkanes of at least 4 members (excludes halogenated alkanes) is 44. The monoisotopic (exact) mass is 982 g/mol. The molecule has 0 radical (unpaired) electrons. The molecule has 0 spiro atoms. The van der Waals surface area contributed by atoms with Crippen molar-refractivity contribution in [1.29, 1.82) is 0 Å². The van der Waals surface area contributed by atoms with Crippen molar-refractivity contribution in [1.82, 2.24) is 5.32 Å². The van der Waals surface area contributed by atoms with Gasteiger partial charge in [-0.05, 0) is 12.8 Å². The zero-order chi connectivity index (χ0) is 50.1. The summed E-state index contributed by atoms with van der Waals surface area (Å²) in [6.07, 6.45) is 54.3. The molecule has 1 aliphatic rings. The van der Waals surface area contributed by atoms with Crippen LogP contribution in [0.25, 0.3) is 0 Å². The maximum Gasteiger partial charge on any atom is 0.220 e. The highest BCUT2D eigenvalue weighted by atomic mass is 16.7. The van der Waals surface area contributed by atoms with E-state index in [1.54, 1.807) is 0 Å². The number of aliphatic hydroxyl groups excluding tert-OH is 5. The number of ether oxygens (including phenoxy) is 2. The number of hydrogen-bond donors (Lipinski definition) is 6. The molecule has 1 amide bonds. The van der Waals surface area contributed by atoms with Gasteiger partial charge in [0.25, 0.3) is 0 Å². The minimum Gasteiger partial charge on any atom is -0.394 e. The van der Waals surface area contributed by atoms with Crippen LogP contribution >= 0.6 is 0 Å². The molecule has 1 saturated heterocycles. The molecule has 9 nitrogen and oxygen atoms in total. The topological polar surface area (TPSA) is 149 Å². The summed E-state index contributed by atoms with van der Waals surface area (Å²) in [6.45, 7) is 3.89. The Bertz CT molecular complexity index is 1050. The maximum absolute atomic E-state index is 13.1. The number of carbonyl (C=O) groups excluding carboxylic acids is 1. The Labute approximate surface area is 427 Å². The van der Waals surface area contributed by atoms with Gasteiger partial charge in [-0.15, -0.1) is 0 Å². The van der Waals surface area contributed by atoms with E-state index < -0.39 is 49.5 Å². The molecule has 0 aliphatic carbocycles. The van der Waals surface area contributed by atoms with Gasteiger partial charge in [-0.1, -0.05) is 303 Å². The SMILES string of the molecule is CCCCCCCCCCCCCCCCCCCCCCCCCCCCCCCC(O)C(COC1OC(CO)C(O)C(O)C1O)NC(=O)CCCCCCCCCCCCCCCCCCC. The molecule has 412 valence electrons. The third-order valence-corrected chi connectivity index (χ3v) is 15.2. The molecule has 1 aliphatic heterocycles. The van der Waals surface area contributed by atoms with Crippen LogP contribution in [0.5, 0.6) is 0 Å². The predicted octanol–water partition coefficient (Wildman–Crippen LogP) is 15.4. The highest BCUT2D eigenvalue weighted by Crippen LogP contribution is 2.24. The summed E-state index contributed by atoms with van der Waals surface area (Å²) in [5.74, 6) is -0.136. The van der Waals surface area contributed by atoms with Gasteiger partial charge in [0.05, 0.1) is 25.4 Å². The zero-order valence-electron chi connectivity index (χ0n) is 45.9. The molecule has 6 N–H and O–H groups in total. The number of rotatable bonds is 54. The van der Waals surface area contributed by atoms with Gasteiger partial charge in [0.1, 0.15) is 24.4 Å². The fraction of sp³-hybridized carbons (Fsp3) is 0.983. The van der Waals surface area contributed by atoms with E-state index in [4.69, 9.17) is 9.47 Å². The van der Waals surface area contributed by atoms with Crippen LogP contribution in [0.1, 0.15) is 322 Å². The van der Waals surface area contributed by atoms with Gasteiger partial charge in [-0.3, -0.25) is 4.79 Å². The largest absolute Gasteiger partial charge is 0.394 e. The molecule has 7 atom stereocenters. The van der Waals surface area contributed by atoms with Crippen molar-refractivity contribution < 1.29 is 39.8 Å². The van der Waals surface area contributed by atoms with E-state index in [0.29, 0.717) is 12.8 Å². The molecule has 1 fully saturated rings. The van der Waals surface area contributed by atoms with Crippen LogP contribution in [-0.2, 0) is 14.3 Å². The average molecular weight is 983 g/mol. The predicted molar refractivity (Wildman–Crippen MR) is 291 cm³/mol. The van der Waals surface area contributed by atoms with Gasteiger partial charge in [0, 0.05) is 6.42 Å². The van der Waals surface area contributed by atoms with Crippen LogP contribution in [-0.4, -0.2) is 87.5 Å². The number of carbonyl (C=O) groups is 1. The molecule has 1 rings (SSSR count). The Morgan fingerprint density at radius 2 is 0.725 bits per heavy atom. The van der Waals surface area contributed by atoms with Crippen molar-refractivity contribution in [2.45, 2.75) is 365 Å². The van der Waals surface area contributed by atoms with Gasteiger partial charge in [0.15, 0.2) is 6.29 Å². The molecule has 9 heteroatoms. The van der Waals surface area contributed by atoms with Gasteiger partial charge < -0.3 is 40.3 Å². The fourth-order valence-corrected chi connectivity index (χ4v) is 10.3. The van der Waals surface area contributed by atoms with E-state index >= 15 is 0 Å². The molecular weight excluding hydrogens is 863 g/mol. The molecular formula is C60H119NO8. The standard InChI is InChI=1S/C60H119NO8/c1-3-5-7-9-11-13-15-17-19-21-22-23-24-25-26-27-28-29-30-31-32-34-35-37-39-41-43-45-47-49-54(63)53(52-68-60-59(67)58(66)57(65)55(51-62)69-60)61-56(64)50-48-46-44-42-40-38-36-33-20-18-16-14-12-10-8-6-4-2/h53-55,57-60,62-63,65-67H,3-52H2,1-2H3,(H,61,64). The average Bonchev–Trinajstić information content (AvgIpc) is 3.35. The third-order valence-electron chi connectivity index (χ3n) is 15.2. The third kappa shape index (κ3) is 40.3.